The lowest BCUT2D eigenvalue weighted by atomic mass is 10.1. The number of aryl methyl sites for hydroxylation is 1. The maximum absolute atomic E-state index is 12.8. The zero-order valence-corrected chi connectivity index (χ0v) is 17.7. The van der Waals surface area contributed by atoms with Crippen molar-refractivity contribution in [1.82, 2.24) is 19.4 Å². The van der Waals surface area contributed by atoms with Gasteiger partial charge in [-0.05, 0) is 24.9 Å². The molecular formula is C20H25F6N5O. The van der Waals surface area contributed by atoms with E-state index in [2.05, 4.69) is 21.8 Å². The first-order valence-corrected chi connectivity index (χ1v) is 10.1. The van der Waals surface area contributed by atoms with Gasteiger partial charge in [0.25, 0.3) is 0 Å². The standard InChI is InChI=1S/C12H10F6N4.C8H15NO/c1-22-5-8(21-9(22)3-11(13,14)15)6-2-7(12(16,17)18)10(19)20-4-6;1-7-2-3-9(4-7)8-5-10-6-8/h2,4-5H,3H2,1H3,(H2,19,20);7-8H,2-6H2,1H3. The zero-order chi connectivity index (χ0) is 23.7. The number of rotatable bonds is 3. The summed E-state index contributed by atoms with van der Waals surface area (Å²) < 4.78 is 81.6. The molecule has 2 N–H and O–H groups in total. The quantitative estimate of drug-likeness (QED) is 0.697. The minimum atomic E-state index is -4.71. The van der Waals surface area contributed by atoms with Crippen molar-refractivity contribution in [2.45, 2.75) is 38.2 Å². The molecule has 0 amide bonds. The zero-order valence-electron chi connectivity index (χ0n) is 17.7. The molecule has 6 nitrogen and oxygen atoms in total. The summed E-state index contributed by atoms with van der Waals surface area (Å²) in [5.74, 6) is -0.101. The highest BCUT2D eigenvalue weighted by molar-refractivity contribution is 5.62. The average Bonchev–Trinajstić information content (AvgIpc) is 3.18. The van der Waals surface area contributed by atoms with Crippen LogP contribution in [0.2, 0.25) is 0 Å². The highest BCUT2D eigenvalue weighted by atomic mass is 19.4. The molecule has 178 valence electrons. The molecule has 1 atom stereocenters. The first-order valence-electron chi connectivity index (χ1n) is 10.1. The lowest BCUT2D eigenvalue weighted by molar-refractivity contribution is -0.137. The number of hydrogen-bond acceptors (Lipinski definition) is 5. The van der Waals surface area contributed by atoms with Crippen LogP contribution in [0.1, 0.15) is 24.7 Å². The van der Waals surface area contributed by atoms with Gasteiger partial charge in [-0.2, -0.15) is 26.3 Å². The van der Waals surface area contributed by atoms with Crippen molar-refractivity contribution in [1.29, 1.82) is 0 Å². The Bertz CT molecular complexity index is 922. The van der Waals surface area contributed by atoms with Gasteiger partial charge in [-0.25, -0.2) is 9.97 Å². The van der Waals surface area contributed by atoms with E-state index in [-0.39, 0.29) is 17.1 Å². The van der Waals surface area contributed by atoms with Gasteiger partial charge in [-0.1, -0.05) is 6.92 Å². The Hall–Kier alpha value is -2.34. The molecule has 2 aliphatic heterocycles. The molecular weight excluding hydrogens is 440 g/mol. The minimum Gasteiger partial charge on any atom is -0.383 e. The fourth-order valence-electron chi connectivity index (χ4n) is 3.56. The van der Waals surface area contributed by atoms with E-state index >= 15 is 0 Å². The number of halogens is 6. The number of likely N-dealkylation sites (tertiary alicyclic amines) is 1. The molecule has 4 rings (SSSR count). The molecule has 2 aromatic heterocycles. The Morgan fingerprint density at radius 3 is 2.38 bits per heavy atom. The van der Waals surface area contributed by atoms with Crippen molar-refractivity contribution in [2.75, 3.05) is 32.0 Å². The van der Waals surface area contributed by atoms with E-state index in [1.165, 1.54) is 32.8 Å². The van der Waals surface area contributed by atoms with Crippen LogP contribution in [0.25, 0.3) is 11.3 Å². The summed E-state index contributed by atoms with van der Waals surface area (Å²) in [4.78, 5) is 9.70. The number of imidazole rings is 1. The topological polar surface area (TPSA) is 69.2 Å². The summed E-state index contributed by atoms with van der Waals surface area (Å²) in [6, 6.07) is 1.48. The molecule has 32 heavy (non-hydrogen) atoms. The van der Waals surface area contributed by atoms with Crippen molar-refractivity contribution in [3.05, 3.63) is 29.8 Å². The summed E-state index contributed by atoms with van der Waals surface area (Å²) in [6.07, 6.45) is -6.84. The van der Waals surface area contributed by atoms with Crippen LogP contribution in [0.5, 0.6) is 0 Å². The van der Waals surface area contributed by atoms with E-state index in [9.17, 15) is 26.3 Å². The molecule has 2 fully saturated rings. The van der Waals surface area contributed by atoms with Crippen molar-refractivity contribution in [2.24, 2.45) is 13.0 Å². The van der Waals surface area contributed by atoms with Crippen molar-refractivity contribution < 1.29 is 31.1 Å². The third-order valence-corrected chi connectivity index (χ3v) is 5.44. The third-order valence-electron chi connectivity index (χ3n) is 5.44. The molecule has 4 heterocycles. The van der Waals surface area contributed by atoms with Gasteiger partial charge in [-0.15, -0.1) is 0 Å². The molecule has 0 radical (unpaired) electrons. The molecule has 0 saturated carbocycles. The van der Waals surface area contributed by atoms with Crippen molar-refractivity contribution in [3.8, 4) is 11.3 Å². The van der Waals surface area contributed by atoms with Crippen LogP contribution < -0.4 is 5.73 Å². The minimum absolute atomic E-state index is 0.0419. The van der Waals surface area contributed by atoms with Crippen molar-refractivity contribution in [3.63, 3.8) is 0 Å². The first-order chi connectivity index (χ1) is 14.8. The monoisotopic (exact) mass is 465 g/mol. The van der Waals surface area contributed by atoms with Crippen molar-refractivity contribution >= 4 is 5.82 Å². The molecule has 2 aromatic rings. The van der Waals surface area contributed by atoms with Gasteiger partial charge in [0, 0.05) is 31.5 Å². The number of anilines is 1. The number of aromatic nitrogens is 3. The van der Waals surface area contributed by atoms with E-state index in [0.717, 1.165) is 35.9 Å². The molecule has 0 bridgehead atoms. The average molecular weight is 465 g/mol. The smallest absolute Gasteiger partial charge is 0.383 e. The Balaban J connectivity index is 0.000000238. The van der Waals surface area contributed by atoms with Gasteiger partial charge in [0.1, 0.15) is 18.1 Å². The highest BCUT2D eigenvalue weighted by Crippen LogP contribution is 2.35. The number of alkyl halides is 6. The summed E-state index contributed by atoms with van der Waals surface area (Å²) in [7, 11) is 1.33. The Labute approximate surface area is 181 Å². The van der Waals surface area contributed by atoms with Gasteiger partial charge in [-0.3, -0.25) is 4.90 Å². The molecule has 1 unspecified atom stereocenters. The van der Waals surface area contributed by atoms with Crippen LogP contribution in [0.3, 0.4) is 0 Å². The number of nitrogens with two attached hydrogens (primary N) is 1. The van der Waals surface area contributed by atoms with Gasteiger partial charge < -0.3 is 15.0 Å². The number of nitrogens with zero attached hydrogens (tertiary/aromatic N) is 4. The highest BCUT2D eigenvalue weighted by Gasteiger charge is 2.35. The fourth-order valence-corrected chi connectivity index (χ4v) is 3.56. The number of pyridine rings is 1. The van der Waals surface area contributed by atoms with Crippen LogP contribution in [0.15, 0.2) is 18.5 Å². The second-order valence-corrected chi connectivity index (χ2v) is 8.18. The second-order valence-electron chi connectivity index (χ2n) is 8.18. The summed E-state index contributed by atoms with van der Waals surface area (Å²) in [6.45, 7) is 6.89. The lowest BCUT2D eigenvalue weighted by Gasteiger charge is -2.34. The molecule has 0 spiro atoms. The summed E-state index contributed by atoms with van der Waals surface area (Å²) in [5.41, 5.74) is 3.90. The van der Waals surface area contributed by atoms with Gasteiger partial charge >= 0.3 is 12.4 Å². The van der Waals surface area contributed by atoms with E-state index in [4.69, 9.17) is 10.5 Å². The first kappa shape index (κ1) is 24.3. The van der Waals surface area contributed by atoms with E-state index in [0.29, 0.717) is 6.07 Å². The maximum Gasteiger partial charge on any atom is 0.419 e. The summed E-state index contributed by atoms with van der Waals surface area (Å²) >= 11 is 0. The van der Waals surface area contributed by atoms with Gasteiger partial charge in [0.2, 0.25) is 0 Å². The van der Waals surface area contributed by atoms with Crippen LogP contribution in [-0.2, 0) is 24.4 Å². The van der Waals surface area contributed by atoms with Crippen LogP contribution in [0, 0.1) is 5.92 Å². The van der Waals surface area contributed by atoms with Crippen LogP contribution in [0.4, 0.5) is 32.2 Å². The number of ether oxygens (including phenoxy) is 1. The SMILES string of the molecule is CC1CCN(C2COC2)C1.Cn1cc(-c2cnc(N)c(C(F)(F)F)c2)nc1CC(F)(F)F. The normalized spacial score (nSPS) is 20.1. The predicted molar refractivity (Wildman–Crippen MR) is 106 cm³/mol. The second kappa shape index (κ2) is 9.26. The Kier molecular flexibility index (Phi) is 7.03. The molecule has 0 aromatic carbocycles. The molecule has 2 saturated heterocycles. The third kappa shape index (κ3) is 6.12. The Morgan fingerprint density at radius 2 is 1.88 bits per heavy atom. The number of hydrogen-bond donors (Lipinski definition) is 1. The van der Waals surface area contributed by atoms with Gasteiger partial charge in [0.15, 0.2) is 0 Å². The predicted octanol–water partition coefficient (Wildman–Crippen LogP) is 3.91. The summed E-state index contributed by atoms with van der Waals surface area (Å²) in [5, 5.41) is 0. The van der Waals surface area contributed by atoms with Crippen LogP contribution >= 0.6 is 0 Å². The maximum atomic E-state index is 12.8. The van der Waals surface area contributed by atoms with E-state index in [1.807, 2.05) is 0 Å². The van der Waals surface area contributed by atoms with E-state index < -0.39 is 30.2 Å². The fraction of sp³-hybridized carbons (Fsp3) is 0.600. The number of nitrogen functional groups attached to an aromatic ring is 1. The Morgan fingerprint density at radius 1 is 1.19 bits per heavy atom. The largest absolute Gasteiger partial charge is 0.419 e. The molecule has 0 aliphatic carbocycles. The lowest BCUT2D eigenvalue weighted by Crippen LogP contribution is -2.47. The molecule has 2 aliphatic rings. The molecule has 12 heteroatoms. The van der Waals surface area contributed by atoms with Gasteiger partial charge in [0.05, 0.1) is 30.5 Å². The van der Waals surface area contributed by atoms with Crippen LogP contribution in [-0.4, -0.2) is 58.0 Å². The van der Waals surface area contributed by atoms with E-state index in [1.54, 1.807) is 0 Å².